The zero-order chi connectivity index (χ0) is 20.1. The molecule has 0 aromatic heterocycles. The molecule has 0 fully saturated rings. The van der Waals surface area contributed by atoms with E-state index in [1.54, 1.807) is 42.5 Å². The number of phenolic OH excluding ortho intramolecular Hbond substituents is 1. The van der Waals surface area contributed by atoms with Crippen molar-refractivity contribution in [2.45, 2.75) is 0 Å². The van der Waals surface area contributed by atoms with E-state index < -0.39 is 10.8 Å². The molecular formula is C20H14N4O4. The standard InChI is InChI=1S/C20H14N4O4/c21-11-13(20(26)23-14-4-1-5-15(10-14)24(27)28)12-22-18-8-2-7-17-16(18)6-3-9-19(17)25/h1-10,12,22,25H,(H,23,26)/b13-12-. The molecular weight excluding hydrogens is 360 g/mol. The smallest absolute Gasteiger partial charge is 0.271 e. The summed E-state index contributed by atoms with van der Waals surface area (Å²) in [5, 5.41) is 36.7. The molecule has 0 atom stereocenters. The Bertz CT molecular complexity index is 1150. The molecule has 3 N–H and O–H groups in total. The first-order valence-electron chi connectivity index (χ1n) is 8.13. The number of benzene rings is 3. The lowest BCUT2D eigenvalue weighted by atomic mass is 10.1. The second kappa shape index (κ2) is 7.88. The van der Waals surface area contributed by atoms with E-state index in [1.165, 1.54) is 30.5 Å². The molecule has 0 heterocycles. The van der Waals surface area contributed by atoms with E-state index in [0.29, 0.717) is 11.1 Å². The molecule has 0 aliphatic rings. The number of hydrogen-bond donors (Lipinski definition) is 3. The number of nitrogens with one attached hydrogen (secondary N) is 2. The van der Waals surface area contributed by atoms with Gasteiger partial charge in [0.15, 0.2) is 0 Å². The van der Waals surface area contributed by atoms with Crippen LogP contribution in [0.5, 0.6) is 5.75 Å². The number of nitrogens with zero attached hydrogens (tertiary/aromatic N) is 2. The van der Waals surface area contributed by atoms with Crippen LogP contribution >= 0.6 is 0 Å². The van der Waals surface area contributed by atoms with Gasteiger partial charge in [-0.25, -0.2) is 0 Å². The second-order valence-electron chi connectivity index (χ2n) is 5.75. The number of nitro benzene ring substituents is 1. The average molecular weight is 374 g/mol. The molecule has 138 valence electrons. The van der Waals surface area contributed by atoms with Gasteiger partial charge in [0, 0.05) is 40.5 Å². The number of hydrogen-bond acceptors (Lipinski definition) is 6. The van der Waals surface area contributed by atoms with Gasteiger partial charge < -0.3 is 15.7 Å². The van der Waals surface area contributed by atoms with E-state index in [4.69, 9.17) is 0 Å². The highest BCUT2D eigenvalue weighted by atomic mass is 16.6. The normalized spacial score (nSPS) is 10.9. The van der Waals surface area contributed by atoms with Gasteiger partial charge in [0.1, 0.15) is 17.4 Å². The summed E-state index contributed by atoms with van der Waals surface area (Å²) in [6.45, 7) is 0. The summed E-state index contributed by atoms with van der Waals surface area (Å²) in [6.07, 6.45) is 1.24. The van der Waals surface area contributed by atoms with Crippen molar-refractivity contribution in [1.29, 1.82) is 5.26 Å². The van der Waals surface area contributed by atoms with E-state index in [2.05, 4.69) is 10.6 Å². The molecule has 0 saturated heterocycles. The molecule has 0 unspecified atom stereocenters. The molecule has 3 rings (SSSR count). The van der Waals surface area contributed by atoms with E-state index in [9.17, 15) is 25.3 Å². The quantitative estimate of drug-likeness (QED) is 0.269. The third kappa shape index (κ3) is 3.89. The second-order valence-corrected chi connectivity index (χ2v) is 5.75. The zero-order valence-electron chi connectivity index (χ0n) is 14.4. The minimum absolute atomic E-state index is 0.119. The Hall–Kier alpha value is -4.38. The number of anilines is 2. The Kier molecular flexibility index (Phi) is 5.18. The maximum atomic E-state index is 12.3. The van der Waals surface area contributed by atoms with Crippen LogP contribution in [0.1, 0.15) is 0 Å². The van der Waals surface area contributed by atoms with Crippen LogP contribution in [0.25, 0.3) is 10.8 Å². The van der Waals surface area contributed by atoms with Crippen molar-refractivity contribution >= 4 is 33.7 Å². The number of nitro groups is 1. The molecule has 0 aliphatic heterocycles. The predicted molar refractivity (Wildman–Crippen MR) is 105 cm³/mol. The summed E-state index contributed by atoms with van der Waals surface area (Å²) >= 11 is 0. The van der Waals surface area contributed by atoms with Crippen LogP contribution in [-0.4, -0.2) is 15.9 Å². The summed E-state index contributed by atoms with van der Waals surface area (Å²) < 4.78 is 0. The molecule has 0 aliphatic carbocycles. The van der Waals surface area contributed by atoms with Gasteiger partial charge in [0.05, 0.1) is 4.92 Å². The molecule has 0 radical (unpaired) electrons. The molecule has 0 bridgehead atoms. The zero-order valence-corrected chi connectivity index (χ0v) is 14.4. The molecule has 8 nitrogen and oxygen atoms in total. The van der Waals surface area contributed by atoms with Gasteiger partial charge in [-0.3, -0.25) is 14.9 Å². The average Bonchev–Trinajstić information content (AvgIpc) is 2.69. The van der Waals surface area contributed by atoms with Gasteiger partial charge in [-0.15, -0.1) is 0 Å². The van der Waals surface area contributed by atoms with E-state index >= 15 is 0 Å². The Morgan fingerprint density at radius 3 is 2.57 bits per heavy atom. The lowest BCUT2D eigenvalue weighted by Crippen LogP contribution is -2.14. The number of rotatable bonds is 5. The molecule has 8 heteroatoms. The first-order valence-corrected chi connectivity index (χ1v) is 8.13. The van der Waals surface area contributed by atoms with Crippen molar-refractivity contribution in [1.82, 2.24) is 0 Å². The lowest BCUT2D eigenvalue weighted by Gasteiger charge is -2.08. The van der Waals surface area contributed by atoms with Gasteiger partial charge in [-0.05, 0) is 18.2 Å². The maximum absolute atomic E-state index is 12.3. The Balaban J connectivity index is 1.82. The molecule has 1 amide bonds. The van der Waals surface area contributed by atoms with Crippen molar-refractivity contribution < 1.29 is 14.8 Å². The first kappa shape index (κ1) is 18.4. The summed E-state index contributed by atoms with van der Waals surface area (Å²) in [5.74, 6) is -0.590. The largest absolute Gasteiger partial charge is 0.507 e. The van der Waals surface area contributed by atoms with Crippen LogP contribution in [0.4, 0.5) is 17.1 Å². The minimum atomic E-state index is -0.710. The van der Waals surface area contributed by atoms with Crippen LogP contribution in [0.3, 0.4) is 0 Å². The SMILES string of the molecule is N#C/C(=C/Nc1cccc2c(O)cccc12)C(=O)Nc1cccc([N+](=O)[O-])c1. The fourth-order valence-electron chi connectivity index (χ4n) is 2.61. The monoisotopic (exact) mass is 374 g/mol. The Morgan fingerprint density at radius 1 is 1.11 bits per heavy atom. The number of aromatic hydroxyl groups is 1. The van der Waals surface area contributed by atoms with Gasteiger partial charge in [0.2, 0.25) is 0 Å². The van der Waals surface area contributed by atoms with Crippen LogP contribution in [0.15, 0.2) is 72.4 Å². The molecule has 0 spiro atoms. The third-order valence-corrected chi connectivity index (χ3v) is 3.95. The van der Waals surface area contributed by atoms with Crippen LogP contribution < -0.4 is 10.6 Å². The van der Waals surface area contributed by atoms with Crippen molar-refractivity contribution in [2.24, 2.45) is 0 Å². The number of non-ortho nitro benzene ring substituents is 1. The highest BCUT2D eigenvalue weighted by Gasteiger charge is 2.12. The number of carbonyl (C=O) groups is 1. The number of amides is 1. The van der Waals surface area contributed by atoms with Gasteiger partial charge in [-0.1, -0.05) is 30.3 Å². The molecule has 28 heavy (non-hydrogen) atoms. The number of fused-ring (bicyclic) bond motifs is 1. The lowest BCUT2D eigenvalue weighted by molar-refractivity contribution is -0.384. The topological polar surface area (TPSA) is 128 Å². The summed E-state index contributed by atoms with van der Waals surface area (Å²) in [4.78, 5) is 22.6. The number of carbonyl (C=O) groups excluding carboxylic acids is 1. The predicted octanol–water partition coefficient (Wildman–Crippen LogP) is 3.91. The van der Waals surface area contributed by atoms with Crippen molar-refractivity contribution in [2.75, 3.05) is 10.6 Å². The van der Waals surface area contributed by atoms with E-state index in [0.717, 1.165) is 5.39 Å². The summed E-state index contributed by atoms with van der Waals surface area (Å²) in [7, 11) is 0. The Labute approximate surface area is 159 Å². The van der Waals surface area contributed by atoms with E-state index in [1.807, 2.05) is 0 Å². The number of phenols is 1. The first-order chi connectivity index (χ1) is 13.5. The fourth-order valence-corrected chi connectivity index (χ4v) is 2.61. The van der Waals surface area contributed by atoms with Crippen LogP contribution in [0.2, 0.25) is 0 Å². The molecule has 0 saturated carbocycles. The maximum Gasteiger partial charge on any atom is 0.271 e. The fraction of sp³-hybridized carbons (Fsp3) is 0. The third-order valence-electron chi connectivity index (χ3n) is 3.95. The number of nitriles is 1. The highest BCUT2D eigenvalue weighted by molar-refractivity contribution is 6.07. The minimum Gasteiger partial charge on any atom is -0.507 e. The van der Waals surface area contributed by atoms with Crippen molar-refractivity contribution in [3.8, 4) is 11.8 Å². The molecule has 3 aromatic rings. The van der Waals surface area contributed by atoms with Crippen LogP contribution in [-0.2, 0) is 4.79 Å². The Morgan fingerprint density at radius 2 is 1.82 bits per heavy atom. The van der Waals surface area contributed by atoms with Gasteiger partial charge in [0.25, 0.3) is 11.6 Å². The van der Waals surface area contributed by atoms with Crippen LogP contribution in [0, 0.1) is 21.4 Å². The highest BCUT2D eigenvalue weighted by Crippen LogP contribution is 2.29. The van der Waals surface area contributed by atoms with Crippen molar-refractivity contribution in [3.05, 3.63) is 82.6 Å². The van der Waals surface area contributed by atoms with E-state index in [-0.39, 0.29) is 22.7 Å². The summed E-state index contributed by atoms with van der Waals surface area (Å²) in [5.41, 5.74) is 0.414. The molecule has 3 aromatic carbocycles. The summed E-state index contributed by atoms with van der Waals surface area (Å²) in [6, 6.07) is 17.5. The van der Waals surface area contributed by atoms with Crippen molar-refractivity contribution in [3.63, 3.8) is 0 Å². The van der Waals surface area contributed by atoms with Gasteiger partial charge >= 0.3 is 0 Å². The van der Waals surface area contributed by atoms with Gasteiger partial charge in [-0.2, -0.15) is 5.26 Å².